The molecule has 0 saturated carbocycles. The standard InChI is InChI=1S/C27H29ClFN3O4S/c1-35-13-4-11-31(27(34)30-21-7-2-5-19(28)15-21)17-26(33)32-12-9-25-23(10-14-37-25)24(32)18-36-22-8-3-6-20(29)16-22/h2-3,5-8,10,14-16,24H,4,9,11-13,17-18H2,1H3,(H,30,34)/t24-/m0/s1. The van der Waals surface area contributed by atoms with Crippen LogP contribution in [0.25, 0.3) is 0 Å². The SMILES string of the molecule is COCCCN(CC(=O)N1CCc2sccc2[C@@H]1COc1cccc(F)c1)C(=O)Nc1cccc(Cl)c1. The number of nitrogens with one attached hydrogen (secondary N) is 1. The van der Waals surface area contributed by atoms with Crippen LogP contribution in [0.5, 0.6) is 5.75 Å². The molecule has 0 spiro atoms. The van der Waals surface area contributed by atoms with E-state index in [9.17, 15) is 14.0 Å². The van der Waals surface area contributed by atoms with Crippen LogP contribution in [0, 0.1) is 5.82 Å². The van der Waals surface area contributed by atoms with E-state index >= 15 is 0 Å². The van der Waals surface area contributed by atoms with Gasteiger partial charge in [0.15, 0.2) is 0 Å². The number of rotatable bonds is 10. The third kappa shape index (κ3) is 7.21. The monoisotopic (exact) mass is 545 g/mol. The molecule has 4 rings (SSSR count). The molecule has 0 saturated heterocycles. The third-order valence-electron chi connectivity index (χ3n) is 6.08. The van der Waals surface area contributed by atoms with Crippen molar-refractivity contribution in [2.24, 2.45) is 0 Å². The predicted molar refractivity (Wildman–Crippen MR) is 143 cm³/mol. The van der Waals surface area contributed by atoms with Gasteiger partial charge in [0.25, 0.3) is 0 Å². The molecule has 0 fully saturated rings. The van der Waals surface area contributed by atoms with Gasteiger partial charge in [0.1, 0.15) is 24.7 Å². The summed E-state index contributed by atoms with van der Waals surface area (Å²) in [7, 11) is 1.59. The Morgan fingerprint density at radius 2 is 2.05 bits per heavy atom. The van der Waals surface area contributed by atoms with Crippen LogP contribution < -0.4 is 10.1 Å². The molecule has 0 unspecified atom stereocenters. The predicted octanol–water partition coefficient (Wildman–Crippen LogP) is 5.62. The highest BCUT2D eigenvalue weighted by atomic mass is 35.5. The lowest BCUT2D eigenvalue weighted by Crippen LogP contribution is -2.49. The summed E-state index contributed by atoms with van der Waals surface area (Å²) in [5.41, 5.74) is 1.57. The lowest BCUT2D eigenvalue weighted by Gasteiger charge is -2.37. The molecule has 1 aliphatic rings. The molecule has 1 aliphatic heterocycles. The maximum absolute atomic E-state index is 13.6. The second-order valence-corrected chi connectivity index (χ2v) is 10.1. The number of amides is 3. The Kier molecular flexibility index (Phi) is 9.38. The highest BCUT2D eigenvalue weighted by Gasteiger charge is 2.33. The van der Waals surface area contributed by atoms with Crippen molar-refractivity contribution in [3.05, 3.63) is 81.3 Å². The highest BCUT2D eigenvalue weighted by molar-refractivity contribution is 7.10. The molecule has 10 heteroatoms. The van der Waals surface area contributed by atoms with E-state index in [1.54, 1.807) is 59.7 Å². The van der Waals surface area contributed by atoms with Gasteiger partial charge in [0.2, 0.25) is 5.91 Å². The number of methoxy groups -OCH3 is 1. The number of anilines is 1. The summed E-state index contributed by atoms with van der Waals surface area (Å²) in [6.07, 6.45) is 1.31. The molecule has 2 heterocycles. The van der Waals surface area contributed by atoms with Crippen molar-refractivity contribution in [1.29, 1.82) is 0 Å². The van der Waals surface area contributed by atoms with Gasteiger partial charge in [0, 0.05) is 48.5 Å². The first-order chi connectivity index (χ1) is 17.9. The van der Waals surface area contributed by atoms with Gasteiger partial charge in [-0.15, -0.1) is 11.3 Å². The zero-order chi connectivity index (χ0) is 26.2. The number of benzene rings is 2. The van der Waals surface area contributed by atoms with Gasteiger partial charge in [-0.05, 0) is 60.2 Å². The van der Waals surface area contributed by atoms with Crippen LogP contribution in [0.15, 0.2) is 60.0 Å². The molecule has 1 N–H and O–H groups in total. The van der Waals surface area contributed by atoms with E-state index in [1.807, 2.05) is 11.4 Å². The summed E-state index contributed by atoms with van der Waals surface area (Å²) >= 11 is 7.70. The topological polar surface area (TPSA) is 71.1 Å². The van der Waals surface area contributed by atoms with Crippen LogP contribution in [-0.2, 0) is 16.0 Å². The van der Waals surface area contributed by atoms with E-state index in [0.717, 1.165) is 12.0 Å². The average Bonchev–Trinajstić information content (AvgIpc) is 3.36. The molecule has 2 aromatic carbocycles. The van der Waals surface area contributed by atoms with Gasteiger partial charge in [-0.1, -0.05) is 23.7 Å². The quantitative estimate of drug-likeness (QED) is 0.336. The highest BCUT2D eigenvalue weighted by Crippen LogP contribution is 2.34. The summed E-state index contributed by atoms with van der Waals surface area (Å²) in [6, 6.07) is 14.1. The Morgan fingerprint density at radius 3 is 2.84 bits per heavy atom. The van der Waals surface area contributed by atoms with E-state index in [0.29, 0.717) is 42.6 Å². The number of thiophene rings is 1. The van der Waals surface area contributed by atoms with Crippen molar-refractivity contribution in [2.45, 2.75) is 18.9 Å². The number of ether oxygens (including phenoxy) is 2. The minimum Gasteiger partial charge on any atom is -0.491 e. The first-order valence-corrected chi connectivity index (χ1v) is 13.2. The number of fused-ring (bicyclic) bond motifs is 1. The molecule has 0 radical (unpaired) electrons. The Hall–Kier alpha value is -3.14. The van der Waals surface area contributed by atoms with Crippen molar-refractivity contribution in [2.75, 3.05) is 45.3 Å². The number of carbonyl (C=O) groups excluding carboxylic acids is 2. The second-order valence-electron chi connectivity index (χ2n) is 8.63. The molecule has 0 aliphatic carbocycles. The van der Waals surface area contributed by atoms with E-state index in [1.165, 1.54) is 21.9 Å². The summed E-state index contributed by atoms with van der Waals surface area (Å²) in [5.74, 6) is -0.178. The van der Waals surface area contributed by atoms with Crippen LogP contribution in [0.2, 0.25) is 5.02 Å². The minimum absolute atomic E-state index is 0.105. The van der Waals surface area contributed by atoms with E-state index < -0.39 is 6.03 Å². The van der Waals surface area contributed by atoms with Gasteiger partial charge in [-0.2, -0.15) is 0 Å². The molecule has 1 aromatic heterocycles. The van der Waals surface area contributed by atoms with Gasteiger partial charge in [0.05, 0.1) is 6.04 Å². The smallest absolute Gasteiger partial charge is 0.322 e. The van der Waals surface area contributed by atoms with Crippen molar-refractivity contribution in [3.63, 3.8) is 0 Å². The van der Waals surface area contributed by atoms with Crippen LogP contribution in [0.1, 0.15) is 22.9 Å². The fraction of sp³-hybridized carbons (Fsp3) is 0.333. The van der Waals surface area contributed by atoms with Crippen LogP contribution >= 0.6 is 22.9 Å². The number of hydrogen-bond acceptors (Lipinski definition) is 5. The maximum atomic E-state index is 13.6. The van der Waals surface area contributed by atoms with Crippen molar-refractivity contribution in [3.8, 4) is 5.75 Å². The first kappa shape index (κ1) is 26.9. The number of halogens is 2. The molecular formula is C27H29ClFN3O4S. The molecule has 3 amide bonds. The Bertz CT molecular complexity index is 1220. The van der Waals surface area contributed by atoms with Gasteiger partial charge in [-0.3, -0.25) is 4.79 Å². The maximum Gasteiger partial charge on any atom is 0.322 e. The normalized spacial score (nSPS) is 14.7. The van der Waals surface area contributed by atoms with Crippen molar-refractivity contribution >= 4 is 40.6 Å². The minimum atomic E-state index is -0.396. The lowest BCUT2D eigenvalue weighted by atomic mass is 10.0. The zero-order valence-electron chi connectivity index (χ0n) is 20.5. The molecule has 196 valence electrons. The van der Waals surface area contributed by atoms with E-state index in [4.69, 9.17) is 21.1 Å². The molecule has 0 bridgehead atoms. The Labute approximate surface area is 224 Å². The fourth-order valence-corrected chi connectivity index (χ4v) is 5.40. The van der Waals surface area contributed by atoms with Crippen LogP contribution in [0.3, 0.4) is 0 Å². The largest absolute Gasteiger partial charge is 0.491 e. The summed E-state index contributed by atoms with van der Waals surface area (Å²) in [4.78, 5) is 31.2. The summed E-state index contributed by atoms with van der Waals surface area (Å²) in [5, 5.41) is 5.33. The number of nitrogens with zero attached hydrogens (tertiary/aromatic N) is 2. The summed E-state index contributed by atoms with van der Waals surface area (Å²) in [6.45, 7) is 1.38. The van der Waals surface area contributed by atoms with Crippen LogP contribution in [0.4, 0.5) is 14.9 Å². The Morgan fingerprint density at radius 1 is 1.22 bits per heavy atom. The number of urea groups is 1. The zero-order valence-corrected chi connectivity index (χ0v) is 22.1. The summed E-state index contributed by atoms with van der Waals surface area (Å²) < 4.78 is 24.7. The van der Waals surface area contributed by atoms with Gasteiger partial charge in [-0.25, -0.2) is 9.18 Å². The van der Waals surface area contributed by atoms with Gasteiger partial charge < -0.3 is 24.6 Å². The molecular weight excluding hydrogens is 517 g/mol. The molecule has 3 aromatic rings. The van der Waals surface area contributed by atoms with Crippen molar-refractivity contribution in [1.82, 2.24) is 9.80 Å². The fourth-order valence-electron chi connectivity index (χ4n) is 4.28. The lowest BCUT2D eigenvalue weighted by molar-refractivity contribution is -0.135. The van der Waals surface area contributed by atoms with E-state index in [-0.39, 0.29) is 30.9 Å². The first-order valence-electron chi connectivity index (χ1n) is 12.0. The molecule has 1 atom stereocenters. The molecule has 37 heavy (non-hydrogen) atoms. The van der Waals surface area contributed by atoms with E-state index in [2.05, 4.69) is 5.32 Å². The van der Waals surface area contributed by atoms with Gasteiger partial charge >= 0.3 is 6.03 Å². The number of carbonyl (C=O) groups is 2. The van der Waals surface area contributed by atoms with Crippen molar-refractivity contribution < 1.29 is 23.5 Å². The molecule has 7 nitrogen and oxygen atoms in total. The number of hydrogen-bond donors (Lipinski definition) is 1. The third-order valence-corrected chi connectivity index (χ3v) is 7.32. The average molecular weight is 546 g/mol. The Balaban J connectivity index is 1.49. The second kappa shape index (κ2) is 12.9. The van der Waals surface area contributed by atoms with Crippen LogP contribution in [-0.4, -0.2) is 61.7 Å².